The summed E-state index contributed by atoms with van der Waals surface area (Å²) in [4.78, 5) is 18.3. The van der Waals surface area contributed by atoms with Crippen LogP contribution in [-0.2, 0) is 17.6 Å². The molecule has 0 saturated carbocycles. The average Bonchev–Trinajstić information content (AvgIpc) is 3.18. The van der Waals surface area contributed by atoms with Gasteiger partial charge in [0, 0.05) is 17.1 Å². The zero-order valence-corrected chi connectivity index (χ0v) is 18.2. The number of nitrogens with one attached hydrogen (secondary N) is 2. The summed E-state index contributed by atoms with van der Waals surface area (Å²) in [5.41, 5.74) is 9.57. The Morgan fingerprint density at radius 1 is 1.19 bits per heavy atom. The highest BCUT2D eigenvalue weighted by molar-refractivity contribution is 7.15. The van der Waals surface area contributed by atoms with Crippen LogP contribution in [0.1, 0.15) is 46.6 Å². The number of amides is 1. The monoisotopic (exact) mass is 436 g/mol. The zero-order chi connectivity index (χ0) is 21.6. The molecule has 31 heavy (non-hydrogen) atoms. The molecule has 0 radical (unpaired) electrons. The first-order valence-electron chi connectivity index (χ1n) is 10.7. The molecule has 1 aliphatic rings. The van der Waals surface area contributed by atoms with Crippen molar-refractivity contribution in [1.29, 1.82) is 0 Å². The van der Waals surface area contributed by atoms with Crippen LogP contribution in [0.25, 0.3) is 0 Å². The molecule has 0 fully saturated rings. The van der Waals surface area contributed by atoms with Gasteiger partial charge in [0.15, 0.2) is 5.13 Å². The van der Waals surface area contributed by atoms with Gasteiger partial charge in [-0.05, 0) is 55.5 Å². The van der Waals surface area contributed by atoms with E-state index in [9.17, 15) is 9.90 Å². The zero-order valence-electron chi connectivity index (χ0n) is 17.4. The van der Waals surface area contributed by atoms with Crippen LogP contribution in [0.4, 0.5) is 10.8 Å². The first-order chi connectivity index (χ1) is 15.1. The molecule has 0 spiro atoms. The van der Waals surface area contributed by atoms with E-state index in [0.29, 0.717) is 11.7 Å². The lowest BCUT2D eigenvalue weighted by atomic mass is 9.90. The van der Waals surface area contributed by atoms with Gasteiger partial charge in [0.25, 0.3) is 0 Å². The molecule has 0 bridgehead atoms. The van der Waals surface area contributed by atoms with Gasteiger partial charge in [-0.3, -0.25) is 4.79 Å². The lowest BCUT2D eigenvalue weighted by Gasteiger charge is -2.20. The number of aromatic nitrogens is 1. The summed E-state index contributed by atoms with van der Waals surface area (Å²) in [6.45, 7) is 1.29. The molecule has 6 nitrogen and oxygen atoms in total. The Morgan fingerprint density at radius 3 is 2.74 bits per heavy atom. The highest BCUT2D eigenvalue weighted by atomic mass is 32.1. The number of hydrogen-bond acceptors (Lipinski definition) is 6. The van der Waals surface area contributed by atoms with Crippen LogP contribution in [0.3, 0.4) is 0 Å². The molecule has 1 unspecified atom stereocenters. The second-order valence-electron chi connectivity index (χ2n) is 7.87. The predicted molar refractivity (Wildman–Crippen MR) is 125 cm³/mol. The molecule has 2 atom stereocenters. The second kappa shape index (κ2) is 10.0. The number of hydrogen-bond donors (Lipinski definition) is 4. The molecule has 7 heteroatoms. The molecule has 4 rings (SSSR count). The molecule has 0 aliphatic heterocycles. The number of anilines is 2. The van der Waals surface area contributed by atoms with Gasteiger partial charge in [-0.2, -0.15) is 0 Å². The molecule has 1 amide bonds. The molecule has 3 aromatic rings. The topological polar surface area (TPSA) is 100 Å². The standard InChI is InChI=1S/C24H28N4O2S/c25-24-28-22-19(7-4-8-21(22)31-24)23(30)27-18-11-9-16(10-12-18)13-14-26-15-20(29)17-5-2-1-3-6-17/h1-3,5-6,9-12,19-20,26,29H,4,7-8,13-15H2,(H2,25,28)(H,27,30)/t19?,20-/m0/s1. The lowest BCUT2D eigenvalue weighted by molar-refractivity contribution is -0.117. The fourth-order valence-electron chi connectivity index (χ4n) is 3.94. The Bertz CT molecular complexity index is 1000. The number of fused-ring (bicyclic) bond motifs is 1. The second-order valence-corrected chi connectivity index (χ2v) is 8.99. The van der Waals surface area contributed by atoms with Crippen molar-refractivity contribution in [2.45, 2.75) is 37.7 Å². The molecule has 0 saturated heterocycles. The van der Waals surface area contributed by atoms with Crippen molar-refractivity contribution in [3.05, 3.63) is 76.3 Å². The van der Waals surface area contributed by atoms with Crippen molar-refractivity contribution in [2.24, 2.45) is 0 Å². The van der Waals surface area contributed by atoms with Gasteiger partial charge in [0.2, 0.25) is 5.91 Å². The third-order valence-corrected chi connectivity index (χ3v) is 6.58. The van der Waals surface area contributed by atoms with Crippen molar-refractivity contribution in [3.8, 4) is 0 Å². The van der Waals surface area contributed by atoms with Gasteiger partial charge in [-0.25, -0.2) is 4.98 Å². The summed E-state index contributed by atoms with van der Waals surface area (Å²) >= 11 is 1.49. The first-order valence-corrected chi connectivity index (χ1v) is 11.5. The number of rotatable bonds is 8. The maximum absolute atomic E-state index is 12.8. The number of benzene rings is 2. The summed E-state index contributed by atoms with van der Waals surface area (Å²) < 4.78 is 0. The highest BCUT2D eigenvalue weighted by Crippen LogP contribution is 2.36. The number of nitrogens with zero attached hydrogens (tertiary/aromatic N) is 1. The quantitative estimate of drug-likeness (QED) is 0.404. The van der Waals surface area contributed by atoms with Gasteiger partial charge in [-0.15, -0.1) is 11.3 Å². The van der Waals surface area contributed by atoms with Gasteiger partial charge in [0.05, 0.1) is 17.7 Å². The van der Waals surface area contributed by atoms with Gasteiger partial charge in [0.1, 0.15) is 0 Å². The normalized spacial score (nSPS) is 16.5. The SMILES string of the molecule is Nc1nc2c(s1)CCCC2C(=O)Nc1ccc(CCNC[C@H](O)c2ccccc2)cc1. The van der Waals surface area contributed by atoms with Crippen LogP contribution in [0, 0.1) is 0 Å². The number of aryl methyl sites for hydroxylation is 1. The van der Waals surface area contributed by atoms with Crippen molar-refractivity contribution >= 4 is 28.1 Å². The average molecular weight is 437 g/mol. The van der Waals surface area contributed by atoms with E-state index in [0.717, 1.165) is 54.0 Å². The van der Waals surface area contributed by atoms with E-state index in [1.807, 2.05) is 54.6 Å². The highest BCUT2D eigenvalue weighted by Gasteiger charge is 2.30. The van der Waals surface area contributed by atoms with Crippen LogP contribution in [0.5, 0.6) is 0 Å². The van der Waals surface area contributed by atoms with Crippen LogP contribution in [0.15, 0.2) is 54.6 Å². The third-order valence-electron chi connectivity index (χ3n) is 5.62. The molecule has 5 N–H and O–H groups in total. The lowest BCUT2D eigenvalue weighted by Crippen LogP contribution is -2.24. The first kappa shape index (κ1) is 21.5. The van der Waals surface area contributed by atoms with E-state index in [-0.39, 0.29) is 11.8 Å². The molecular formula is C24H28N4O2S. The largest absolute Gasteiger partial charge is 0.387 e. The Hall–Kier alpha value is -2.74. The van der Waals surface area contributed by atoms with Gasteiger partial charge >= 0.3 is 0 Å². The number of thiazole rings is 1. The third kappa shape index (κ3) is 5.50. The summed E-state index contributed by atoms with van der Waals surface area (Å²) in [5.74, 6) is -0.243. The molecule has 1 heterocycles. The van der Waals surface area contributed by atoms with Crippen LogP contribution in [0.2, 0.25) is 0 Å². The molecule has 1 aromatic heterocycles. The Kier molecular flexibility index (Phi) is 6.96. The van der Waals surface area contributed by atoms with Gasteiger partial charge in [-0.1, -0.05) is 42.5 Å². The van der Waals surface area contributed by atoms with E-state index in [1.165, 1.54) is 16.9 Å². The maximum atomic E-state index is 12.8. The molecular weight excluding hydrogens is 408 g/mol. The smallest absolute Gasteiger partial charge is 0.233 e. The van der Waals surface area contributed by atoms with Crippen LogP contribution >= 0.6 is 11.3 Å². The number of carbonyl (C=O) groups excluding carboxylic acids is 1. The summed E-state index contributed by atoms with van der Waals surface area (Å²) in [6, 6.07) is 17.6. The molecule has 1 aliphatic carbocycles. The van der Waals surface area contributed by atoms with Gasteiger partial charge < -0.3 is 21.5 Å². The Morgan fingerprint density at radius 2 is 1.97 bits per heavy atom. The minimum Gasteiger partial charge on any atom is -0.387 e. The van der Waals surface area contributed by atoms with Crippen molar-refractivity contribution in [3.63, 3.8) is 0 Å². The van der Waals surface area contributed by atoms with Crippen LogP contribution < -0.4 is 16.4 Å². The minimum absolute atomic E-state index is 0.0180. The Balaban J connectivity index is 1.24. The fourth-order valence-corrected chi connectivity index (χ4v) is 4.88. The number of aliphatic hydroxyl groups is 1. The van der Waals surface area contributed by atoms with Crippen LogP contribution in [-0.4, -0.2) is 29.1 Å². The predicted octanol–water partition coefficient (Wildman–Crippen LogP) is 3.65. The van der Waals surface area contributed by atoms with E-state index >= 15 is 0 Å². The molecule has 2 aromatic carbocycles. The number of carbonyl (C=O) groups is 1. The Labute approximate surface area is 186 Å². The maximum Gasteiger partial charge on any atom is 0.233 e. The number of nitrogens with two attached hydrogens (primary N) is 1. The van der Waals surface area contributed by atoms with E-state index in [4.69, 9.17) is 5.73 Å². The fraction of sp³-hybridized carbons (Fsp3) is 0.333. The number of aliphatic hydroxyl groups excluding tert-OH is 1. The van der Waals surface area contributed by atoms with Crippen molar-refractivity contribution < 1.29 is 9.90 Å². The summed E-state index contributed by atoms with van der Waals surface area (Å²) in [6.07, 6.45) is 3.09. The minimum atomic E-state index is -0.507. The van der Waals surface area contributed by atoms with E-state index < -0.39 is 6.10 Å². The van der Waals surface area contributed by atoms with E-state index in [1.54, 1.807) is 0 Å². The van der Waals surface area contributed by atoms with E-state index in [2.05, 4.69) is 15.6 Å². The number of nitrogen functional groups attached to an aromatic ring is 1. The molecule has 162 valence electrons. The summed E-state index contributed by atoms with van der Waals surface area (Å²) in [5, 5.41) is 17.1. The van der Waals surface area contributed by atoms with Crippen molar-refractivity contribution in [1.82, 2.24) is 10.3 Å². The van der Waals surface area contributed by atoms with Crippen molar-refractivity contribution in [2.75, 3.05) is 24.1 Å². The summed E-state index contributed by atoms with van der Waals surface area (Å²) in [7, 11) is 0.